The molecule has 4 heterocycles. The summed E-state index contributed by atoms with van der Waals surface area (Å²) in [7, 11) is 2.27. The Morgan fingerprint density at radius 3 is 2.42 bits per heavy atom. The van der Waals surface area contributed by atoms with Gasteiger partial charge in [-0.05, 0) is 67.8 Å². The van der Waals surface area contributed by atoms with E-state index in [1.807, 2.05) is 12.1 Å². The van der Waals surface area contributed by atoms with E-state index in [0.29, 0.717) is 18.0 Å². The van der Waals surface area contributed by atoms with Crippen molar-refractivity contribution in [3.05, 3.63) is 41.8 Å². The molecule has 2 aromatic heterocycles. The van der Waals surface area contributed by atoms with Crippen molar-refractivity contribution in [1.29, 1.82) is 0 Å². The number of aliphatic carboxylic acids is 1. The van der Waals surface area contributed by atoms with E-state index >= 15 is 0 Å². The highest BCUT2D eigenvalue weighted by molar-refractivity contribution is 7.17. The molecule has 1 aromatic carbocycles. The van der Waals surface area contributed by atoms with Gasteiger partial charge in [0.25, 0.3) is 0 Å². The maximum absolute atomic E-state index is 10.6. The molecule has 6 nitrogen and oxygen atoms in total. The predicted octanol–water partition coefficient (Wildman–Crippen LogP) is 5.39. The van der Waals surface area contributed by atoms with Crippen LogP contribution < -0.4 is 4.74 Å². The smallest absolute Gasteiger partial charge is 0.475 e. The molecule has 176 valence electrons. The van der Waals surface area contributed by atoms with Gasteiger partial charge in [0, 0.05) is 28.4 Å². The number of piperidine rings is 2. The summed E-state index contributed by atoms with van der Waals surface area (Å²) in [6, 6.07) is 13.9. The van der Waals surface area contributed by atoms with Gasteiger partial charge in [-0.15, -0.1) is 21.5 Å². The highest BCUT2D eigenvalue weighted by Crippen LogP contribution is 2.34. The molecule has 2 unspecified atom stereocenters. The molecule has 0 amide bonds. The Labute approximate surface area is 193 Å². The highest BCUT2D eigenvalue weighted by atomic mass is 32.1. The van der Waals surface area contributed by atoms with Crippen LogP contribution in [0.4, 0.5) is 13.2 Å². The van der Waals surface area contributed by atoms with Crippen LogP contribution in [0.2, 0.25) is 0 Å². The second-order valence-electron chi connectivity index (χ2n) is 8.35. The largest absolute Gasteiger partial charge is 0.490 e. The summed E-state index contributed by atoms with van der Waals surface area (Å²) < 4.78 is 39.2. The first-order valence-electron chi connectivity index (χ1n) is 10.7. The van der Waals surface area contributed by atoms with Gasteiger partial charge in [-0.25, -0.2) is 4.79 Å². The summed E-state index contributed by atoms with van der Waals surface area (Å²) in [6.07, 6.45) is 1.33. The molecule has 0 saturated carbocycles. The molecule has 5 rings (SSSR count). The molecule has 2 aliphatic heterocycles. The quantitative estimate of drug-likeness (QED) is 0.543. The molecule has 2 atom stereocenters. The second kappa shape index (κ2) is 9.64. The number of halogens is 3. The number of fused-ring (bicyclic) bond motifs is 3. The van der Waals surface area contributed by atoms with Crippen LogP contribution in [0.3, 0.4) is 0 Å². The first-order chi connectivity index (χ1) is 15.7. The van der Waals surface area contributed by atoms with Crippen LogP contribution in [0.1, 0.15) is 32.1 Å². The number of benzene rings is 1. The number of aromatic nitrogens is 2. The van der Waals surface area contributed by atoms with Crippen LogP contribution in [-0.2, 0) is 4.79 Å². The molecule has 2 bridgehead atoms. The van der Waals surface area contributed by atoms with Crippen LogP contribution in [0, 0.1) is 0 Å². The van der Waals surface area contributed by atoms with Crippen LogP contribution in [0.15, 0.2) is 41.8 Å². The van der Waals surface area contributed by atoms with Gasteiger partial charge in [0.1, 0.15) is 6.10 Å². The topological polar surface area (TPSA) is 75.5 Å². The third-order valence-corrected chi connectivity index (χ3v) is 7.11. The normalized spacial score (nSPS) is 23.0. The molecule has 0 radical (unpaired) electrons. The summed E-state index contributed by atoms with van der Waals surface area (Å²) in [5.41, 5.74) is 1.99. The van der Waals surface area contributed by atoms with Crippen molar-refractivity contribution in [3.63, 3.8) is 0 Å². The minimum Gasteiger partial charge on any atom is -0.475 e. The average molecular weight is 480 g/mol. The van der Waals surface area contributed by atoms with E-state index in [2.05, 4.69) is 51.8 Å². The molecule has 3 aromatic rings. The lowest BCUT2D eigenvalue weighted by molar-refractivity contribution is -0.192. The van der Waals surface area contributed by atoms with Gasteiger partial charge in [0.2, 0.25) is 5.88 Å². The number of carboxylic acid groups (broad SMARTS) is 1. The van der Waals surface area contributed by atoms with Crippen molar-refractivity contribution < 1.29 is 27.8 Å². The summed E-state index contributed by atoms with van der Waals surface area (Å²) in [5.74, 6) is -2.11. The van der Waals surface area contributed by atoms with Gasteiger partial charge >= 0.3 is 12.1 Å². The van der Waals surface area contributed by atoms with Crippen molar-refractivity contribution in [3.8, 4) is 17.1 Å². The van der Waals surface area contributed by atoms with Crippen molar-refractivity contribution >= 4 is 27.4 Å². The van der Waals surface area contributed by atoms with Crippen molar-refractivity contribution in [2.45, 2.75) is 56.5 Å². The third kappa shape index (κ3) is 5.62. The van der Waals surface area contributed by atoms with Gasteiger partial charge in [-0.1, -0.05) is 12.5 Å². The Balaban J connectivity index is 0.000000325. The molecule has 10 heteroatoms. The van der Waals surface area contributed by atoms with Crippen LogP contribution in [0.5, 0.6) is 5.88 Å². The van der Waals surface area contributed by atoms with E-state index in [9.17, 15) is 13.2 Å². The number of hydrogen-bond donors (Lipinski definition) is 1. The Hall–Kier alpha value is -2.72. The Morgan fingerprint density at radius 1 is 1.12 bits per heavy atom. The number of carbonyl (C=O) groups is 1. The van der Waals surface area contributed by atoms with E-state index < -0.39 is 12.1 Å². The zero-order valence-corrected chi connectivity index (χ0v) is 18.8. The average Bonchev–Trinajstić information content (AvgIpc) is 3.23. The molecule has 2 saturated heterocycles. The minimum atomic E-state index is -5.08. The summed E-state index contributed by atoms with van der Waals surface area (Å²) >= 11 is 1.76. The standard InChI is InChI=1S/C21H23N3OS.C2HF3O2/c1-24-16-3-2-4-17(24)13-18(12-16)25-21-8-6-19(22-23-21)14-5-7-20-15(11-14)9-10-26-20;3-2(4,5)1(6)7/h5-11,16-18H,2-4,12-13H2,1H3;(H,6,7). The first-order valence-corrected chi connectivity index (χ1v) is 11.6. The number of hydrogen-bond acceptors (Lipinski definition) is 6. The fourth-order valence-corrected chi connectivity index (χ4v) is 5.27. The zero-order chi connectivity index (χ0) is 23.6. The van der Waals surface area contributed by atoms with Gasteiger partial charge < -0.3 is 14.7 Å². The van der Waals surface area contributed by atoms with Gasteiger partial charge in [0.15, 0.2) is 0 Å². The summed E-state index contributed by atoms with van der Waals surface area (Å²) in [4.78, 5) is 11.5. The van der Waals surface area contributed by atoms with E-state index in [-0.39, 0.29) is 6.10 Å². The monoisotopic (exact) mass is 479 g/mol. The fourth-order valence-electron chi connectivity index (χ4n) is 4.50. The zero-order valence-electron chi connectivity index (χ0n) is 18.0. The number of carboxylic acids is 1. The Morgan fingerprint density at radius 2 is 1.82 bits per heavy atom. The van der Waals surface area contributed by atoms with Crippen molar-refractivity contribution in [2.24, 2.45) is 0 Å². The maximum atomic E-state index is 10.6. The lowest BCUT2D eigenvalue weighted by Gasteiger charge is -2.46. The lowest BCUT2D eigenvalue weighted by Crippen LogP contribution is -2.52. The van der Waals surface area contributed by atoms with Crippen molar-refractivity contribution in [2.75, 3.05) is 7.05 Å². The Kier molecular flexibility index (Phi) is 6.85. The number of rotatable bonds is 3. The predicted molar refractivity (Wildman–Crippen MR) is 119 cm³/mol. The molecular formula is C23H24F3N3O3S. The molecule has 1 N–H and O–H groups in total. The number of nitrogens with zero attached hydrogens (tertiary/aromatic N) is 3. The van der Waals surface area contributed by atoms with E-state index in [4.69, 9.17) is 14.6 Å². The van der Waals surface area contributed by atoms with E-state index in [1.165, 1.54) is 29.3 Å². The van der Waals surface area contributed by atoms with Crippen LogP contribution in [0.25, 0.3) is 21.3 Å². The number of alkyl halides is 3. The third-order valence-electron chi connectivity index (χ3n) is 6.21. The van der Waals surface area contributed by atoms with Crippen molar-refractivity contribution in [1.82, 2.24) is 15.1 Å². The molecule has 33 heavy (non-hydrogen) atoms. The van der Waals surface area contributed by atoms with Gasteiger partial charge in [0.05, 0.1) is 5.69 Å². The van der Waals surface area contributed by atoms with Gasteiger partial charge in [-0.3, -0.25) is 0 Å². The second-order valence-corrected chi connectivity index (χ2v) is 9.30. The Bertz CT molecular complexity index is 1090. The van der Waals surface area contributed by atoms with Crippen LogP contribution >= 0.6 is 11.3 Å². The summed E-state index contributed by atoms with van der Waals surface area (Å²) in [5, 5.41) is 19.3. The minimum absolute atomic E-state index is 0.267. The first kappa shape index (κ1) is 23.4. The molecule has 0 spiro atoms. The number of ether oxygens (including phenoxy) is 1. The van der Waals surface area contributed by atoms with Crippen LogP contribution in [-0.4, -0.2) is 57.6 Å². The fraction of sp³-hybridized carbons (Fsp3) is 0.435. The molecular weight excluding hydrogens is 455 g/mol. The maximum Gasteiger partial charge on any atom is 0.490 e. The highest BCUT2D eigenvalue weighted by Gasteiger charge is 2.38. The molecule has 0 aliphatic carbocycles. The SMILES string of the molecule is CN1C2CCCC1CC(Oc1ccc(-c3ccc4sccc4c3)nn1)C2.O=C(O)C(F)(F)F. The lowest BCUT2D eigenvalue weighted by atomic mass is 9.83. The summed E-state index contributed by atoms with van der Waals surface area (Å²) in [6.45, 7) is 0. The molecule has 2 fully saturated rings. The van der Waals surface area contributed by atoms with E-state index in [1.54, 1.807) is 11.3 Å². The number of thiophene rings is 1. The van der Waals surface area contributed by atoms with E-state index in [0.717, 1.165) is 24.1 Å². The molecule has 2 aliphatic rings. The van der Waals surface area contributed by atoms with Gasteiger partial charge in [-0.2, -0.15) is 13.2 Å².